The number of benzene rings is 3. The topological polar surface area (TPSA) is 88.8 Å². The molecule has 1 aliphatic carbocycles. The van der Waals surface area contributed by atoms with Crippen molar-refractivity contribution < 1.29 is 4.79 Å². The number of carbonyl (C=O) groups is 1. The minimum atomic E-state index is 0.177. The van der Waals surface area contributed by atoms with Crippen LogP contribution < -0.4 is 5.32 Å². The molecule has 2 heterocycles. The summed E-state index contributed by atoms with van der Waals surface area (Å²) < 4.78 is 1.89. The molecule has 1 saturated carbocycles. The van der Waals surface area contributed by atoms with Crippen molar-refractivity contribution in [2.24, 2.45) is 0 Å². The number of aromatic nitrogens is 5. The van der Waals surface area contributed by atoms with Crippen molar-refractivity contribution in [3.63, 3.8) is 0 Å². The Morgan fingerprint density at radius 1 is 0.951 bits per heavy atom. The molecule has 6 rings (SSSR count). The maximum absolute atomic E-state index is 13.7. The summed E-state index contributed by atoms with van der Waals surface area (Å²) in [5.41, 5.74) is 2.90. The first-order chi connectivity index (χ1) is 20.1. The van der Waals surface area contributed by atoms with Gasteiger partial charge in [-0.05, 0) is 47.7 Å². The van der Waals surface area contributed by atoms with Gasteiger partial charge in [-0.15, -0.1) is 5.10 Å². The highest BCUT2D eigenvalue weighted by atomic mass is 16.2. The number of nitrogens with zero attached hydrogens (tertiary/aromatic N) is 6. The van der Waals surface area contributed by atoms with Crippen LogP contribution in [0.15, 0.2) is 85.1 Å². The van der Waals surface area contributed by atoms with E-state index >= 15 is 0 Å². The molecule has 0 unspecified atom stereocenters. The fraction of sp³-hybridized carbons (Fsp3) is 0.303. The lowest BCUT2D eigenvalue weighted by molar-refractivity contribution is -0.132. The molecule has 0 bridgehead atoms. The number of nitrogens with one attached hydrogen (secondary N) is 1. The summed E-state index contributed by atoms with van der Waals surface area (Å²) in [4.78, 5) is 29.5. The van der Waals surface area contributed by atoms with Crippen LogP contribution in [-0.2, 0) is 24.3 Å². The Labute approximate surface area is 240 Å². The number of anilines is 1. The zero-order chi connectivity index (χ0) is 28.0. The van der Waals surface area contributed by atoms with Gasteiger partial charge in [0, 0.05) is 25.3 Å². The Morgan fingerprint density at radius 3 is 2.59 bits per heavy atom. The van der Waals surface area contributed by atoms with E-state index in [0.717, 1.165) is 35.2 Å². The molecule has 8 nitrogen and oxygen atoms in total. The summed E-state index contributed by atoms with van der Waals surface area (Å²) in [5.74, 6) is 2.07. The first kappa shape index (κ1) is 26.6. The van der Waals surface area contributed by atoms with Gasteiger partial charge < -0.3 is 10.2 Å². The molecule has 0 aliphatic heterocycles. The summed E-state index contributed by atoms with van der Waals surface area (Å²) in [6, 6.07) is 26.7. The number of fused-ring (bicyclic) bond motifs is 1. The van der Waals surface area contributed by atoms with Crippen LogP contribution in [0.5, 0.6) is 0 Å². The quantitative estimate of drug-likeness (QED) is 0.238. The highest BCUT2D eigenvalue weighted by molar-refractivity contribution is 5.90. The Morgan fingerprint density at radius 2 is 1.73 bits per heavy atom. The number of aryl methyl sites for hydroxylation is 1. The molecule has 2 aromatic heterocycles. The second-order valence-corrected chi connectivity index (χ2v) is 10.7. The number of hydrogen-bond acceptors (Lipinski definition) is 6. The van der Waals surface area contributed by atoms with Crippen molar-refractivity contribution in [1.29, 1.82) is 0 Å². The molecule has 5 aromatic rings. The second-order valence-electron chi connectivity index (χ2n) is 10.7. The van der Waals surface area contributed by atoms with Crippen molar-refractivity contribution in [2.75, 3.05) is 11.9 Å². The molecule has 1 N–H and O–H groups in total. The van der Waals surface area contributed by atoms with E-state index in [-0.39, 0.29) is 11.9 Å². The van der Waals surface area contributed by atoms with Gasteiger partial charge in [0.15, 0.2) is 5.82 Å². The zero-order valence-corrected chi connectivity index (χ0v) is 23.4. The Balaban J connectivity index is 1.15. The number of hydrogen-bond donors (Lipinski definition) is 1. The predicted octanol–water partition coefficient (Wildman–Crippen LogP) is 5.82. The van der Waals surface area contributed by atoms with Crippen molar-refractivity contribution in [1.82, 2.24) is 29.6 Å². The first-order valence-corrected chi connectivity index (χ1v) is 14.4. The lowest BCUT2D eigenvalue weighted by Crippen LogP contribution is -2.42. The van der Waals surface area contributed by atoms with E-state index in [1.807, 2.05) is 54.1 Å². The van der Waals surface area contributed by atoms with E-state index in [2.05, 4.69) is 56.6 Å². The maximum Gasteiger partial charge on any atom is 0.227 e. The Kier molecular flexibility index (Phi) is 7.98. The van der Waals surface area contributed by atoms with E-state index in [1.54, 1.807) is 6.20 Å². The van der Waals surface area contributed by atoms with Gasteiger partial charge in [-0.25, -0.2) is 19.6 Å². The summed E-state index contributed by atoms with van der Waals surface area (Å²) in [7, 11) is 0. The second kappa shape index (κ2) is 12.3. The van der Waals surface area contributed by atoms with Crippen molar-refractivity contribution in [2.45, 2.75) is 58.2 Å². The van der Waals surface area contributed by atoms with Gasteiger partial charge in [-0.1, -0.05) is 85.6 Å². The lowest BCUT2D eigenvalue weighted by Gasteiger charge is -2.29. The molecule has 0 spiro atoms. The minimum Gasteiger partial charge on any atom is -0.350 e. The van der Waals surface area contributed by atoms with Crippen molar-refractivity contribution >= 4 is 22.6 Å². The third-order valence-corrected chi connectivity index (χ3v) is 7.89. The molecule has 0 saturated heterocycles. The molecular weight excluding hydrogens is 510 g/mol. The zero-order valence-electron chi connectivity index (χ0n) is 23.4. The first-order valence-electron chi connectivity index (χ1n) is 14.4. The normalized spacial score (nSPS) is 13.5. The van der Waals surface area contributed by atoms with E-state index < -0.39 is 0 Å². The molecule has 1 amide bonds. The molecule has 41 heavy (non-hydrogen) atoms. The summed E-state index contributed by atoms with van der Waals surface area (Å²) in [5, 5.41) is 10.4. The third-order valence-electron chi connectivity index (χ3n) is 7.89. The molecule has 3 aromatic carbocycles. The monoisotopic (exact) mass is 545 g/mol. The van der Waals surface area contributed by atoms with Crippen LogP contribution in [0.2, 0.25) is 0 Å². The van der Waals surface area contributed by atoms with Crippen LogP contribution in [0.25, 0.3) is 22.3 Å². The number of rotatable bonds is 10. The smallest absolute Gasteiger partial charge is 0.227 e. The molecule has 1 aliphatic rings. The number of carbonyl (C=O) groups excluding carboxylic acids is 1. The molecule has 1 fully saturated rings. The fourth-order valence-corrected chi connectivity index (χ4v) is 5.73. The molecular formula is C33H35N7O. The largest absolute Gasteiger partial charge is 0.350 e. The third kappa shape index (κ3) is 6.27. The number of amides is 1. The van der Waals surface area contributed by atoms with Gasteiger partial charge >= 0.3 is 0 Å². The van der Waals surface area contributed by atoms with Crippen molar-refractivity contribution in [3.05, 3.63) is 102 Å². The van der Waals surface area contributed by atoms with E-state index in [1.165, 1.54) is 18.2 Å². The highest BCUT2D eigenvalue weighted by Gasteiger charge is 2.27. The Bertz CT molecular complexity index is 1620. The molecule has 0 atom stereocenters. The van der Waals surface area contributed by atoms with Gasteiger partial charge in [-0.2, -0.15) is 0 Å². The van der Waals surface area contributed by atoms with E-state index in [9.17, 15) is 4.79 Å². The average molecular weight is 546 g/mol. The SMILES string of the molecule is Cc1nc(-c2ccnc(NCc3ccccc3)n2)nn1CCN(C(=O)Cc1cccc2ccccc12)C1CCCC1. The standard InChI is InChI=1S/C33H35N7O/c1-24-36-32(30-18-19-34-33(37-30)35-23-25-10-3-2-4-11-25)38-40(24)21-20-39(28-15-6-7-16-28)31(41)22-27-14-9-13-26-12-5-8-17-29(26)27/h2-5,8-14,17-19,28H,6-7,15-16,20-23H2,1H3,(H,34,35,37). The molecule has 8 heteroatoms. The maximum atomic E-state index is 13.7. The highest BCUT2D eigenvalue weighted by Crippen LogP contribution is 2.26. The van der Waals surface area contributed by atoms with Gasteiger partial charge in [0.1, 0.15) is 11.5 Å². The predicted molar refractivity (Wildman–Crippen MR) is 161 cm³/mol. The van der Waals surface area contributed by atoms with E-state index in [0.29, 0.717) is 43.5 Å². The van der Waals surface area contributed by atoms with Gasteiger partial charge in [0.05, 0.1) is 13.0 Å². The van der Waals surface area contributed by atoms with Crippen LogP contribution in [0.3, 0.4) is 0 Å². The minimum absolute atomic E-state index is 0.177. The van der Waals surface area contributed by atoms with Gasteiger partial charge in [0.2, 0.25) is 11.9 Å². The molecule has 0 radical (unpaired) electrons. The molecule has 208 valence electrons. The summed E-state index contributed by atoms with van der Waals surface area (Å²) in [6.45, 7) is 3.77. The summed E-state index contributed by atoms with van der Waals surface area (Å²) >= 11 is 0. The summed E-state index contributed by atoms with van der Waals surface area (Å²) in [6.07, 6.45) is 6.58. The lowest BCUT2D eigenvalue weighted by atomic mass is 10.0. The van der Waals surface area contributed by atoms with Crippen LogP contribution in [0, 0.1) is 6.92 Å². The van der Waals surface area contributed by atoms with Crippen LogP contribution >= 0.6 is 0 Å². The Hall–Kier alpha value is -4.59. The van der Waals surface area contributed by atoms with E-state index in [4.69, 9.17) is 10.1 Å². The average Bonchev–Trinajstić information content (AvgIpc) is 3.67. The van der Waals surface area contributed by atoms with Gasteiger partial charge in [-0.3, -0.25) is 4.79 Å². The van der Waals surface area contributed by atoms with Crippen molar-refractivity contribution in [3.8, 4) is 11.5 Å². The van der Waals surface area contributed by atoms with Crippen LogP contribution in [0.4, 0.5) is 5.95 Å². The fourth-order valence-electron chi connectivity index (χ4n) is 5.73. The van der Waals surface area contributed by atoms with Crippen LogP contribution in [0.1, 0.15) is 42.6 Å². The van der Waals surface area contributed by atoms with Crippen LogP contribution in [-0.4, -0.2) is 48.1 Å². The van der Waals surface area contributed by atoms with Gasteiger partial charge in [0.25, 0.3) is 0 Å².